The average molecular weight is 308 g/mol. The van der Waals surface area contributed by atoms with E-state index in [1.54, 1.807) is 0 Å². The highest BCUT2D eigenvalue weighted by Crippen LogP contribution is 2.10. The van der Waals surface area contributed by atoms with Crippen molar-refractivity contribution in [3.05, 3.63) is 0 Å². The Morgan fingerprint density at radius 1 is 0.833 bits per heavy atom. The van der Waals surface area contributed by atoms with E-state index < -0.39 is 16.5 Å². The highest BCUT2D eigenvalue weighted by atomic mass is 31.1. The zero-order valence-electron chi connectivity index (χ0n) is 11.9. The largest absolute Gasteiger partial charge is 0.566 e. The lowest BCUT2D eigenvalue weighted by atomic mass is 10.2. The fourth-order valence-electron chi connectivity index (χ4n) is 0.420. The molecular weight excluding hydrogens is 282 g/mol. The quantitative estimate of drug-likeness (QED) is 0.711. The molecule has 0 spiro atoms. The summed E-state index contributed by atoms with van der Waals surface area (Å²) in [5, 5.41) is 0. The Balaban J connectivity index is -0.0000000980. The first-order valence-corrected chi connectivity index (χ1v) is 6.99. The predicted molar refractivity (Wildman–Crippen MR) is 68.8 cm³/mol. The van der Waals surface area contributed by atoms with Gasteiger partial charge >= 0.3 is 16.5 Å². The minimum atomic E-state index is -2.63. The van der Waals surface area contributed by atoms with Crippen molar-refractivity contribution in [3.63, 3.8) is 0 Å². The van der Waals surface area contributed by atoms with Gasteiger partial charge in [-0.1, -0.05) is 27.7 Å². The molecule has 2 unspecified atom stereocenters. The number of hydrogen-bond acceptors (Lipinski definition) is 6. The van der Waals surface area contributed by atoms with E-state index in [2.05, 4.69) is 9.05 Å². The van der Waals surface area contributed by atoms with Crippen molar-refractivity contribution in [1.82, 2.24) is 12.3 Å². The number of rotatable bonds is 6. The molecule has 8 N–H and O–H groups in total. The third-order valence-corrected chi connectivity index (χ3v) is 1.75. The van der Waals surface area contributed by atoms with Crippen molar-refractivity contribution in [3.8, 4) is 0 Å². The summed E-state index contributed by atoms with van der Waals surface area (Å²) in [4.78, 5) is 19.4. The van der Waals surface area contributed by atoms with Gasteiger partial charge in [-0.05, 0) is 21.0 Å². The van der Waals surface area contributed by atoms with Crippen LogP contribution in [-0.2, 0) is 18.2 Å². The normalized spacial score (nSPS) is 10.9. The van der Waals surface area contributed by atoms with E-state index in [4.69, 9.17) is 0 Å². The van der Waals surface area contributed by atoms with Gasteiger partial charge in [0, 0.05) is 0 Å². The lowest BCUT2D eigenvalue weighted by molar-refractivity contribution is -0.187. The number of quaternary nitrogens is 2. The average Bonchev–Trinajstić information content (AvgIpc) is 2.12. The van der Waals surface area contributed by atoms with Crippen molar-refractivity contribution in [2.45, 2.75) is 27.7 Å². The summed E-state index contributed by atoms with van der Waals surface area (Å²) >= 11 is 0. The van der Waals surface area contributed by atoms with E-state index >= 15 is 0 Å². The lowest BCUT2D eigenvalue weighted by Crippen LogP contribution is -1.99. The van der Waals surface area contributed by atoms with E-state index in [1.165, 1.54) is 0 Å². The topological polar surface area (TPSA) is 172 Å². The standard InChI is InChI=1S/2C4H9O3P.2H3N/c2*1-4(2)3-7-8(5)6;;/h2*4H,3H2,1-2H3;2*1H3/p+2. The summed E-state index contributed by atoms with van der Waals surface area (Å²) in [5.41, 5.74) is 0. The van der Waals surface area contributed by atoms with E-state index in [0.717, 1.165) is 0 Å². The molecule has 0 saturated carbocycles. The summed E-state index contributed by atoms with van der Waals surface area (Å²) in [6, 6.07) is 0. The molecule has 0 heterocycles. The Kier molecular flexibility index (Phi) is 25.0. The zero-order valence-corrected chi connectivity index (χ0v) is 13.7. The summed E-state index contributed by atoms with van der Waals surface area (Å²) in [6.45, 7) is 8.13. The van der Waals surface area contributed by atoms with Crippen LogP contribution in [0.3, 0.4) is 0 Å². The van der Waals surface area contributed by atoms with Crippen molar-refractivity contribution < 1.29 is 28.0 Å². The second-order valence-corrected chi connectivity index (χ2v) is 5.24. The molecule has 0 radical (unpaired) electrons. The van der Waals surface area contributed by atoms with Crippen molar-refractivity contribution >= 4 is 16.5 Å². The second-order valence-electron chi connectivity index (χ2n) is 3.83. The molecule has 0 aromatic carbocycles. The summed E-state index contributed by atoms with van der Waals surface area (Å²) < 4.78 is 28.0. The Morgan fingerprint density at radius 3 is 1.11 bits per heavy atom. The van der Waals surface area contributed by atoms with Gasteiger partial charge in [0.05, 0.1) is 0 Å². The van der Waals surface area contributed by atoms with Crippen LogP contribution >= 0.6 is 16.5 Å². The minimum Gasteiger partial charge on any atom is -0.566 e. The van der Waals surface area contributed by atoms with Crippen LogP contribution in [0.4, 0.5) is 0 Å². The molecule has 18 heavy (non-hydrogen) atoms. The smallest absolute Gasteiger partial charge is 0.488 e. The first-order chi connectivity index (χ1) is 7.25. The molecule has 8 nitrogen and oxygen atoms in total. The maximum Gasteiger partial charge on any atom is 0.488 e. The van der Waals surface area contributed by atoms with Gasteiger partial charge in [-0.2, -0.15) is 0 Å². The Labute approximate surface area is 110 Å². The second kappa shape index (κ2) is 17.0. The summed E-state index contributed by atoms with van der Waals surface area (Å²) in [5.74, 6) is 0.561. The van der Waals surface area contributed by atoms with Crippen LogP contribution in [0.1, 0.15) is 27.7 Å². The van der Waals surface area contributed by atoms with Crippen LogP contribution < -0.4 is 22.1 Å². The van der Waals surface area contributed by atoms with Crippen LogP contribution in [-0.4, -0.2) is 13.2 Å². The maximum absolute atomic E-state index is 9.72. The zero-order chi connectivity index (χ0) is 13.1. The monoisotopic (exact) mass is 308 g/mol. The molecular formula is C8H26N2O6P2+2. The van der Waals surface area contributed by atoms with E-state index in [0.29, 0.717) is 13.2 Å². The summed E-state index contributed by atoms with van der Waals surface area (Å²) in [7, 11) is -5.27. The van der Waals surface area contributed by atoms with Gasteiger partial charge in [0.15, 0.2) is 0 Å². The van der Waals surface area contributed by atoms with Crippen LogP contribution in [0, 0.1) is 11.8 Å². The first kappa shape index (κ1) is 26.5. The van der Waals surface area contributed by atoms with Crippen molar-refractivity contribution in [2.75, 3.05) is 13.2 Å². The molecule has 0 aliphatic carbocycles. The SMILES string of the molecule is CC(C)CO[P+](=O)[O-].CC(C)CO[P+](=O)[O-].[NH4+].[NH4+]. The van der Waals surface area contributed by atoms with E-state index in [9.17, 15) is 18.9 Å². The highest BCUT2D eigenvalue weighted by molar-refractivity contribution is 7.30. The fourth-order valence-corrected chi connectivity index (χ4v) is 1.26. The Bertz CT molecular complexity index is 194. The third-order valence-electron chi connectivity index (χ3n) is 1.03. The Morgan fingerprint density at radius 2 is 1.06 bits per heavy atom. The van der Waals surface area contributed by atoms with Gasteiger partial charge in [-0.25, -0.2) is 0 Å². The Hall–Kier alpha value is -0.0400. The molecule has 0 aliphatic heterocycles. The molecule has 112 valence electrons. The number of hydrogen-bond donors (Lipinski definition) is 2. The third kappa shape index (κ3) is 36.0. The first-order valence-electron chi connectivity index (χ1n) is 4.80. The summed E-state index contributed by atoms with van der Waals surface area (Å²) in [6.07, 6.45) is 0. The van der Waals surface area contributed by atoms with Gasteiger partial charge < -0.3 is 22.1 Å². The van der Waals surface area contributed by atoms with E-state index in [1.807, 2.05) is 27.7 Å². The highest BCUT2D eigenvalue weighted by Gasteiger charge is 2.02. The molecule has 0 rings (SSSR count). The van der Waals surface area contributed by atoms with Crippen LogP contribution in [0.15, 0.2) is 0 Å². The molecule has 2 atom stereocenters. The van der Waals surface area contributed by atoms with E-state index in [-0.39, 0.29) is 24.1 Å². The van der Waals surface area contributed by atoms with Crippen molar-refractivity contribution in [1.29, 1.82) is 0 Å². The lowest BCUT2D eigenvalue weighted by Gasteiger charge is -1.95. The van der Waals surface area contributed by atoms with Gasteiger partial charge in [-0.3, -0.25) is 0 Å². The van der Waals surface area contributed by atoms with Crippen molar-refractivity contribution in [2.24, 2.45) is 11.8 Å². The van der Waals surface area contributed by atoms with Gasteiger partial charge in [0.1, 0.15) is 13.2 Å². The predicted octanol–water partition coefficient (Wildman–Crippen LogP) is 2.11. The van der Waals surface area contributed by atoms with Crippen LogP contribution in [0.25, 0.3) is 0 Å². The van der Waals surface area contributed by atoms with Crippen LogP contribution in [0.2, 0.25) is 0 Å². The van der Waals surface area contributed by atoms with Gasteiger partial charge in [0.2, 0.25) is 0 Å². The molecule has 0 aromatic rings. The minimum absolute atomic E-state index is 0. The fraction of sp³-hybridized carbons (Fsp3) is 1.00. The molecule has 10 heteroatoms. The molecule has 0 aromatic heterocycles. The molecule has 0 bridgehead atoms. The molecule has 0 fully saturated rings. The van der Waals surface area contributed by atoms with Gasteiger partial charge in [-0.15, -0.1) is 9.05 Å². The van der Waals surface area contributed by atoms with Crippen LogP contribution in [0.5, 0.6) is 0 Å². The molecule has 0 aliphatic rings. The van der Waals surface area contributed by atoms with Gasteiger partial charge in [0.25, 0.3) is 0 Å². The molecule has 0 saturated heterocycles. The molecule has 0 amide bonds. The maximum atomic E-state index is 9.72.